The van der Waals surface area contributed by atoms with Gasteiger partial charge in [-0.3, -0.25) is 4.90 Å². The second-order valence-corrected chi connectivity index (χ2v) is 7.06. The van der Waals surface area contributed by atoms with Crippen molar-refractivity contribution in [1.82, 2.24) is 4.90 Å². The maximum atomic E-state index is 11.0. The Labute approximate surface area is 175 Å². The Kier molecular flexibility index (Phi) is 11.4. The van der Waals surface area contributed by atoms with E-state index in [9.17, 15) is 4.79 Å². The molecule has 29 heavy (non-hydrogen) atoms. The Hall–Kier alpha value is -2.66. The summed E-state index contributed by atoms with van der Waals surface area (Å²) in [5.41, 5.74) is 2.96. The van der Waals surface area contributed by atoms with Crippen LogP contribution in [0.15, 0.2) is 78.1 Å². The first-order valence-electron chi connectivity index (χ1n) is 10.0. The highest BCUT2D eigenvalue weighted by Crippen LogP contribution is 2.24. The van der Waals surface area contributed by atoms with Crippen LogP contribution in [-0.4, -0.2) is 48.4 Å². The third-order valence-electron chi connectivity index (χ3n) is 4.89. The lowest BCUT2D eigenvalue weighted by Gasteiger charge is -2.32. The summed E-state index contributed by atoms with van der Waals surface area (Å²) < 4.78 is 0. The lowest BCUT2D eigenvalue weighted by molar-refractivity contribution is -0.132. The number of likely N-dealkylation sites (tertiary alicyclic amines) is 1. The number of hydrogen-bond acceptors (Lipinski definition) is 4. The van der Waals surface area contributed by atoms with E-state index in [0.29, 0.717) is 5.92 Å². The van der Waals surface area contributed by atoms with Crippen molar-refractivity contribution < 1.29 is 14.7 Å². The van der Waals surface area contributed by atoms with Crippen LogP contribution in [0.4, 0.5) is 0 Å². The van der Waals surface area contributed by atoms with Crippen LogP contribution in [0.1, 0.15) is 32.6 Å². The zero-order valence-corrected chi connectivity index (χ0v) is 17.8. The van der Waals surface area contributed by atoms with Crippen LogP contribution in [0.3, 0.4) is 0 Å². The van der Waals surface area contributed by atoms with Crippen molar-refractivity contribution in [2.45, 2.75) is 32.6 Å². The average molecular weight is 399 g/mol. The summed E-state index contributed by atoms with van der Waals surface area (Å²) in [6.45, 7) is 16.1. The lowest BCUT2D eigenvalue weighted by atomic mass is 9.88. The fourth-order valence-corrected chi connectivity index (χ4v) is 3.30. The molecule has 5 nitrogen and oxygen atoms in total. The van der Waals surface area contributed by atoms with Gasteiger partial charge in [0.15, 0.2) is 0 Å². The standard InChI is InChI=1S/C24H34N2O3/c1-6-9-20(8-3)18-26-15-13-21(14-16-26)17-23(25-29-5)22(10-7-2)12-11-19(4)24(27)28/h6,8-12,21H,1,3-4,7,13-18H2,2,5H3,(H,27,28)/b12-11-,20-9+,22-10+,25-23+. The molecular weight excluding hydrogens is 364 g/mol. The number of oxime groups is 1. The van der Waals surface area contributed by atoms with Crippen LogP contribution >= 0.6 is 0 Å². The minimum atomic E-state index is -1.03. The smallest absolute Gasteiger partial charge is 0.335 e. The Morgan fingerprint density at radius 2 is 1.97 bits per heavy atom. The molecule has 1 aliphatic rings. The van der Waals surface area contributed by atoms with Crippen LogP contribution < -0.4 is 0 Å². The quantitative estimate of drug-likeness (QED) is 0.219. The van der Waals surface area contributed by atoms with Crippen molar-refractivity contribution >= 4 is 11.7 Å². The van der Waals surface area contributed by atoms with E-state index in [-0.39, 0.29) is 5.57 Å². The number of aliphatic carboxylic acids is 1. The van der Waals surface area contributed by atoms with Gasteiger partial charge < -0.3 is 9.94 Å². The zero-order valence-electron chi connectivity index (χ0n) is 17.8. The summed E-state index contributed by atoms with van der Waals surface area (Å²) in [7, 11) is 1.54. The number of carbonyl (C=O) groups is 1. The van der Waals surface area contributed by atoms with E-state index in [1.54, 1.807) is 12.2 Å². The monoisotopic (exact) mass is 398 g/mol. The highest BCUT2D eigenvalue weighted by molar-refractivity contribution is 6.02. The fraction of sp³-hybridized carbons (Fsp3) is 0.417. The number of allylic oxidation sites excluding steroid dienone is 5. The van der Waals surface area contributed by atoms with Crippen LogP contribution in [0.5, 0.6) is 0 Å². The van der Waals surface area contributed by atoms with Gasteiger partial charge in [-0.2, -0.15) is 0 Å². The molecule has 0 aliphatic carbocycles. The largest absolute Gasteiger partial charge is 0.478 e. The van der Waals surface area contributed by atoms with Gasteiger partial charge in [0, 0.05) is 6.54 Å². The molecule has 1 fully saturated rings. The summed E-state index contributed by atoms with van der Waals surface area (Å²) >= 11 is 0. The van der Waals surface area contributed by atoms with E-state index in [4.69, 9.17) is 9.94 Å². The van der Waals surface area contributed by atoms with Crippen LogP contribution in [0, 0.1) is 5.92 Å². The summed E-state index contributed by atoms with van der Waals surface area (Å²) in [4.78, 5) is 18.5. The molecule has 0 bridgehead atoms. The molecule has 0 atom stereocenters. The van der Waals surface area contributed by atoms with Gasteiger partial charge in [0.05, 0.1) is 11.3 Å². The lowest BCUT2D eigenvalue weighted by Crippen LogP contribution is -2.35. The number of nitrogens with zero attached hydrogens (tertiary/aromatic N) is 2. The normalized spacial score (nSPS) is 17.4. The van der Waals surface area contributed by atoms with Crippen molar-refractivity contribution in [1.29, 1.82) is 0 Å². The number of carboxylic acids is 1. The Balaban J connectivity index is 2.78. The highest BCUT2D eigenvalue weighted by atomic mass is 16.6. The zero-order chi connectivity index (χ0) is 21.6. The average Bonchev–Trinajstić information content (AvgIpc) is 2.71. The predicted octanol–water partition coefficient (Wildman–Crippen LogP) is 4.92. The van der Waals surface area contributed by atoms with Crippen LogP contribution in [0.2, 0.25) is 0 Å². The topological polar surface area (TPSA) is 62.1 Å². The molecule has 158 valence electrons. The summed E-state index contributed by atoms with van der Waals surface area (Å²) in [6.07, 6.45) is 14.8. The number of piperidine rings is 1. The molecule has 1 aliphatic heterocycles. The molecule has 1 N–H and O–H groups in total. The van der Waals surface area contributed by atoms with E-state index >= 15 is 0 Å². The van der Waals surface area contributed by atoms with E-state index in [2.05, 4.69) is 29.8 Å². The van der Waals surface area contributed by atoms with Gasteiger partial charge in [0.25, 0.3) is 0 Å². The first-order chi connectivity index (χ1) is 13.9. The maximum absolute atomic E-state index is 11.0. The molecule has 1 saturated heterocycles. The second kappa shape index (κ2) is 13.5. The summed E-state index contributed by atoms with van der Waals surface area (Å²) in [6, 6.07) is 0. The summed E-state index contributed by atoms with van der Waals surface area (Å²) in [5.74, 6) is -0.522. The molecule has 0 unspecified atom stereocenters. The van der Waals surface area contributed by atoms with Crippen LogP contribution in [0.25, 0.3) is 0 Å². The van der Waals surface area contributed by atoms with E-state index < -0.39 is 5.97 Å². The van der Waals surface area contributed by atoms with Crippen LogP contribution in [-0.2, 0) is 9.63 Å². The first-order valence-corrected chi connectivity index (χ1v) is 10.0. The molecule has 0 aromatic carbocycles. The first kappa shape index (κ1) is 24.4. The van der Waals surface area contributed by atoms with Crippen molar-refractivity contribution in [3.63, 3.8) is 0 Å². The van der Waals surface area contributed by atoms with E-state index in [0.717, 1.165) is 56.6 Å². The highest BCUT2D eigenvalue weighted by Gasteiger charge is 2.22. The van der Waals surface area contributed by atoms with Crippen molar-refractivity contribution in [2.24, 2.45) is 11.1 Å². The predicted molar refractivity (Wildman–Crippen MR) is 121 cm³/mol. The molecule has 0 radical (unpaired) electrons. The Morgan fingerprint density at radius 1 is 1.28 bits per heavy atom. The van der Waals surface area contributed by atoms with Gasteiger partial charge in [-0.05, 0) is 61.9 Å². The van der Waals surface area contributed by atoms with E-state index in [1.165, 1.54) is 18.8 Å². The van der Waals surface area contributed by atoms with Crippen molar-refractivity contribution in [3.05, 3.63) is 72.9 Å². The van der Waals surface area contributed by atoms with Gasteiger partial charge in [-0.1, -0.05) is 62.2 Å². The Bertz CT molecular complexity index is 706. The van der Waals surface area contributed by atoms with Gasteiger partial charge in [-0.25, -0.2) is 4.79 Å². The number of carboxylic acid groups (broad SMARTS) is 1. The minimum Gasteiger partial charge on any atom is -0.478 e. The number of rotatable bonds is 12. The molecule has 0 aromatic rings. The molecule has 1 heterocycles. The van der Waals surface area contributed by atoms with Crippen molar-refractivity contribution in [3.8, 4) is 0 Å². The molecule has 0 saturated carbocycles. The van der Waals surface area contributed by atoms with E-state index in [1.807, 2.05) is 25.2 Å². The third kappa shape index (κ3) is 8.92. The molecule has 0 aromatic heterocycles. The molecular formula is C24H34N2O3. The maximum Gasteiger partial charge on any atom is 0.335 e. The van der Waals surface area contributed by atoms with Crippen molar-refractivity contribution in [2.75, 3.05) is 26.7 Å². The van der Waals surface area contributed by atoms with Gasteiger partial charge >= 0.3 is 5.97 Å². The Morgan fingerprint density at radius 3 is 2.48 bits per heavy atom. The third-order valence-corrected chi connectivity index (χ3v) is 4.89. The molecule has 5 heteroatoms. The number of hydrogen-bond donors (Lipinski definition) is 1. The SMILES string of the molecule is C=C/C=C(\C=C)CN1CCC(CC(=N\OC)/C(/C=C\C(=C)C(=O)O)=C/CC)CC1. The molecule has 0 amide bonds. The fourth-order valence-electron chi connectivity index (χ4n) is 3.30. The van der Waals surface area contributed by atoms with Gasteiger partial charge in [0.1, 0.15) is 7.11 Å². The molecule has 1 rings (SSSR count). The van der Waals surface area contributed by atoms with Gasteiger partial charge in [0.2, 0.25) is 0 Å². The summed E-state index contributed by atoms with van der Waals surface area (Å²) in [5, 5.41) is 13.3. The second-order valence-electron chi connectivity index (χ2n) is 7.06. The minimum absolute atomic E-state index is 0.0441. The molecule has 0 spiro atoms. The van der Waals surface area contributed by atoms with Gasteiger partial charge in [-0.15, -0.1) is 0 Å².